The van der Waals surface area contributed by atoms with E-state index in [0.717, 1.165) is 17.5 Å². The lowest BCUT2D eigenvalue weighted by molar-refractivity contribution is -0.129. The summed E-state index contributed by atoms with van der Waals surface area (Å²) in [4.78, 5) is 32.1. The Labute approximate surface area is 173 Å². The lowest BCUT2D eigenvalue weighted by Crippen LogP contribution is -2.33. The highest BCUT2D eigenvalue weighted by Gasteiger charge is 2.30. The van der Waals surface area contributed by atoms with E-state index in [9.17, 15) is 9.59 Å². The smallest absolute Gasteiger partial charge is 0.330 e. The summed E-state index contributed by atoms with van der Waals surface area (Å²) in [5, 5.41) is 0.621. The standard InChI is InChI=1S/C21H23ClN4O3/c1-29-11-10-25-18-6-3-8-23-20(18)26(21(25)28)17-7-9-24(14-17)19(27)13-15-4-2-5-16(22)12-15/h2-6,8,12,17H,7,9-11,13-14H2,1H3/t17-/m1/s1. The number of halogens is 1. The van der Waals surface area contributed by atoms with E-state index >= 15 is 0 Å². The topological polar surface area (TPSA) is 69.4 Å². The van der Waals surface area contributed by atoms with Crippen LogP contribution in [-0.2, 0) is 22.5 Å². The van der Waals surface area contributed by atoms with Gasteiger partial charge in [-0.3, -0.25) is 13.9 Å². The third-order valence-electron chi connectivity index (χ3n) is 5.37. The molecule has 1 aliphatic heterocycles. The van der Waals surface area contributed by atoms with Gasteiger partial charge in [-0.15, -0.1) is 0 Å². The summed E-state index contributed by atoms with van der Waals surface area (Å²) >= 11 is 6.02. The van der Waals surface area contributed by atoms with Gasteiger partial charge in [0.25, 0.3) is 0 Å². The number of ether oxygens (including phenoxy) is 1. The Morgan fingerprint density at radius 3 is 2.97 bits per heavy atom. The fraction of sp³-hybridized carbons (Fsp3) is 0.381. The summed E-state index contributed by atoms with van der Waals surface area (Å²) in [7, 11) is 1.61. The molecule has 1 aromatic carbocycles. The number of hydrogen-bond donors (Lipinski definition) is 0. The van der Waals surface area contributed by atoms with Crippen molar-refractivity contribution in [2.45, 2.75) is 25.4 Å². The van der Waals surface area contributed by atoms with Crippen molar-refractivity contribution in [1.29, 1.82) is 0 Å². The molecule has 1 aliphatic rings. The molecule has 0 N–H and O–H groups in total. The Morgan fingerprint density at radius 1 is 1.31 bits per heavy atom. The Morgan fingerprint density at radius 2 is 2.17 bits per heavy atom. The highest BCUT2D eigenvalue weighted by molar-refractivity contribution is 6.30. The minimum Gasteiger partial charge on any atom is -0.383 e. The molecule has 29 heavy (non-hydrogen) atoms. The van der Waals surface area contributed by atoms with Crippen LogP contribution in [0.4, 0.5) is 0 Å². The lowest BCUT2D eigenvalue weighted by atomic mass is 10.1. The van der Waals surface area contributed by atoms with Gasteiger partial charge < -0.3 is 9.64 Å². The van der Waals surface area contributed by atoms with Crippen LogP contribution in [0.3, 0.4) is 0 Å². The van der Waals surface area contributed by atoms with Gasteiger partial charge in [-0.05, 0) is 36.2 Å². The molecule has 2 aromatic heterocycles. The highest BCUT2D eigenvalue weighted by atomic mass is 35.5. The number of imidazole rings is 1. The largest absolute Gasteiger partial charge is 0.383 e. The van der Waals surface area contributed by atoms with E-state index in [1.807, 2.05) is 35.2 Å². The predicted molar refractivity (Wildman–Crippen MR) is 111 cm³/mol. The number of hydrogen-bond acceptors (Lipinski definition) is 4. The Balaban J connectivity index is 1.56. The van der Waals surface area contributed by atoms with Crippen molar-refractivity contribution in [3.8, 4) is 0 Å². The van der Waals surface area contributed by atoms with Crippen LogP contribution in [0.1, 0.15) is 18.0 Å². The van der Waals surface area contributed by atoms with Crippen LogP contribution >= 0.6 is 11.6 Å². The fourth-order valence-corrected chi connectivity index (χ4v) is 4.16. The molecule has 0 unspecified atom stereocenters. The molecule has 0 radical (unpaired) electrons. The van der Waals surface area contributed by atoms with Crippen molar-refractivity contribution < 1.29 is 9.53 Å². The van der Waals surface area contributed by atoms with Crippen LogP contribution in [0.25, 0.3) is 11.2 Å². The van der Waals surface area contributed by atoms with E-state index in [-0.39, 0.29) is 17.6 Å². The number of methoxy groups -OCH3 is 1. The molecule has 4 rings (SSSR count). The quantitative estimate of drug-likeness (QED) is 0.621. The first-order chi connectivity index (χ1) is 14.1. The van der Waals surface area contributed by atoms with Crippen LogP contribution in [-0.4, -0.2) is 51.7 Å². The molecule has 3 aromatic rings. The molecule has 0 saturated carbocycles. The van der Waals surface area contributed by atoms with Gasteiger partial charge in [-0.2, -0.15) is 0 Å². The molecule has 0 bridgehead atoms. The lowest BCUT2D eigenvalue weighted by Gasteiger charge is -2.17. The first-order valence-corrected chi connectivity index (χ1v) is 10.0. The molecule has 1 saturated heterocycles. The maximum atomic E-state index is 13.1. The summed E-state index contributed by atoms with van der Waals surface area (Å²) in [6, 6.07) is 11.0. The summed E-state index contributed by atoms with van der Waals surface area (Å²) in [6.07, 6.45) is 2.72. The molecule has 152 valence electrons. The molecule has 8 heteroatoms. The summed E-state index contributed by atoms with van der Waals surface area (Å²) < 4.78 is 8.58. The monoisotopic (exact) mass is 414 g/mol. The number of pyridine rings is 1. The number of fused-ring (bicyclic) bond motifs is 1. The van der Waals surface area contributed by atoms with Crippen molar-refractivity contribution >= 4 is 28.7 Å². The van der Waals surface area contributed by atoms with E-state index in [1.165, 1.54) is 0 Å². The van der Waals surface area contributed by atoms with E-state index < -0.39 is 0 Å². The van der Waals surface area contributed by atoms with E-state index in [4.69, 9.17) is 16.3 Å². The van der Waals surface area contributed by atoms with Gasteiger partial charge in [0.15, 0.2) is 5.65 Å². The maximum absolute atomic E-state index is 13.1. The normalized spacial score (nSPS) is 16.6. The Bertz CT molecular complexity index is 1090. The average molecular weight is 415 g/mol. The van der Waals surface area contributed by atoms with Gasteiger partial charge in [-0.25, -0.2) is 9.78 Å². The zero-order valence-electron chi connectivity index (χ0n) is 16.3. The number of aromatic nitrogens is 3. The van der Waals surface area contributed by atoms with Crippen LogP contribution in [0, 0.1) is 0 Å². The molecule has 1 fully saturated rings. The predicted octanol–water partition coefficient (Wildman–Crippen LogP) is 2.51. The van der Waals surface area contributed by atoms with Crippen molar-refractivity contribution in [2.24, 2.45) is 0 Å². The van der Waals surface area contributed by atoms with Gasteiger partial charge in [0.1, 0.15) is 0 Å². The number of nitrogens with zero attached hydrogens (tertiary/aromatic N) is 4. The third kappa shape index (κ3) is 3.93. The summed E-state index contributed by atoms with van der Waals surface area (Å²) in [5.41, 5.74) is 2.23. The Kier molecular flexibility index (Phi) is 5.69. The SMILES string of the molecule is COCCn1c(=O)n([C@@H]2CCN(C(=O)Cc3cccc(Cl)c3)C2)c2ncccc21. The van der Waals surface area contributed by atoms with Gasteiger partial charge >= 0.3 is 5.69 Å². The van der Waals surface area contributed by atoms with Crippen molar-refractivity contribution in [1.82, 2.24) is 19.0 Å². The second kappa shape index (κ2) is 8.39. The van der Waals surface area contributed by atoms with Crippen LogP contribution in [0.2, 0.25) is 5.02 Å². The van der Waals surface area contributed by atoms with Gasteiger partial charge in [-0.1, -0.05) is 23.7 Å². The number of benzene rings is 1. The number of carbonyl (C=O) groups excluding carboxylic acids is 1. The molecule has 0 aliphatic carbocycles. The van der Waals surface area contributed by atoms with Crippen LogP contribution < -0.4 is 5.69 Å². The number of rotatable bonds is 6. The van der Waals surface area contributed by atoms with E-state index in [1.54, 1.807) is 28.5 Å². The zero-order valence-corrected chi connectivity index (χ0v) is 17.0. The van der Waals surface area contributed by atoms with Crippen molar-refractivity contribution in [2.75, 3.05) is 26.8 Å². The van der Waals surface area contributed by atoms with Crippen LogP contribution in [0.15, 0.2) is 47.4 Å². The van der Waals surface area contributed by atoms with Gasteiger partial charge in [0, 0.05) is 31.4 Å². The first kappa shape index (κ1) is 19.7. The van der Waals surface area contributed by atoms with E-state index in [2.05, 4.69) is 4.98 Å². The molecular formula is C21H23ClN4O3. The molecule has 0 spiro atoms. The van der Waals surface area contributed by atoms with Crippen LogP contribution in [0.5, 0.6) is 0 Å². The maximum Gasteiger partial charge on any atom is 0.330 e. The second-order valence-corrected chi connectivity index (χ2v) is 7.67. The summed E-state index contributed by atoms with van der Waals surface area (Å²) in [5.74, 6) is 0.0406. The third-order valence-corrected chi connectivity index (χ3v) is 5.60. The number of carbonyl (C=O) groups is 1. The van der Waals surface area contributed by atoms with Gasteiger partial charge in [0.2, 0.25) is 5.91 Å². The molecule has 1 atom stereocenters. The molecule has 3 heterocycles. The zero-order chi connectivity index (χ0) is 20.4. The first-order valence-electron chi connectivity index (χ1n) is 9.65. The molecule has 7 nitrogen and oxygen atoms in total. The fourth-order valence-electron chi connectivity index (χ4n) is 3.95. The average Bonchev–Trinajstić information content (AvgIpc) is 3.29. The summed E-state index contributed by atoms with van der Waals surface area (Å²) in [6.45, 7) is 2.03. The highest BCUT2D eigenvalue weighted by Crippen LogP contribution is 2.25. The number of likely N-dealkylation sites (tertiary alicyclic amines) is 1. The molecule has 1 amide bonds. The Hall–Kier alpha value is -2.64. The minimum atomic E-state index is -0.107. The minimum absolute atomic E-state index is 0.0406. The number of amides is 1. The molecular weight excluding hydrogens is 392 g/mol. The van der Waals surface area contributed by atoms with Crippen molar-refractivity contribution in [3.05, 3.63) is 63.7 Å². The second-order valence-electron chi connectivity index (χ2n) is 7.23. The van der Waals surface area contributed by atoms with Gasteiger partial charge in [0.05, 0.1) is 31.1 Å². The van der Waals surface area contributed by atoms with Crippen molar-refractivity contribution in [3.63, 3.8) is 0 Å². The van der Waals surface area contributed by atoms with E-state index in [0.29, 0.717) is 43.3 Å².